The number of aryl methyl sites for hydroxylation is 1. The summed E-state index contributed by atoms with van der Waals surface area (Å²) in [5.41, 5.74) is 8.67. The first-order chi connectivity index (χ1) is 26.4. The number of carboxylic acids is 1. The SMILES string of the molecule is C=CCOC(=O)N(CCNC(=O)OCC1c2ccccc2-c2ccccc21)[C@H](CCCCN)C(=O)NCCN(CC(=O)O)C(=O)Cn1cc(C)c(=O)[nH]c1=O. The highest BCUT2D eigenvalue weighted by atomic mass is 16.6. The van der Waals surface area contributed by atoms with Gasteiger partial charge in [0.2, 0.25) is 11.8 Å². The molecule has 6 N–H and O–H groups in total. The molecule has 0 unspecified atom stereocenters. The summed E-state index contributed by atoms with van der Waals surface area (Å²) in [6, 6.07) is 14.8. The average molecular weight is 762 g/mol. The van der Waals surface area contributed by atoms with Gasteiger partial charge in [0.05, 0.1) is 0 Å². The minimum atomic E-state index is -1.33. The van der Waals surface area contributed by atoms with Crippen LogP contribution in [-0.4, -0.2) is 113 Å². The van der Waals surface area contributed by atoms with Crippen molar-refractivity contribution < 1.29 is 38.6 Å². The van der Waals surface area contributed by atoms with Crippen LogP contribution in [0.3, 0.4) is 0 Å². The van der Waals surface area contributed by atoms with E-state index in [1.54, 1.807) is 0 Å². The molecule has 1 atom stereocenters. The lowest BCUT2D eigenvalue weighted by molar-refractivity contribution is -0.144. The summed E-state index contributed by atoms with van der Waals surface area (Å²) >= 11 is 0. The molecule has 4 amide bonds. The van der Waals surface area contributed by atoms with E-state index in [0.29, 0.717) is 19.4 Å². The Balaban J connectivity index is 1.40. The highest BCUT2D eigenvalue weighted by Crippen LogP contribution is 2.44. The van der Waals surface area contributed by atoms with E-state index in [-0.39, 0.29) is 57.3 Å². The number of aromatic nitrogens is 2. The number of fused-ring (bicyclic) bond motifs is 3. The lowest BCUT2D eigenvalue weighted by atomic mass is 9.98. The third-order valence-electron chi connectivity index (χ3n) is 8.99. The van der Waals surface area contributed by atoms with Crippen LogP contribution in [0.5, 0.6) is 0 Å². The molecule has 0 radical (unpaired) electrons. The van der Waals surface area contributed by atoms with Crippen LogP contribution in [0.25, 0.3) is 11.1 Å². The van der Waals surface area contributed by atoms with Crippen LogP contribution in [0.1, 0.15) is 41.9 Å². The number of ether oxygens (including phenoxy) is 2. The molecule has 1 aliphatic rings. The molecule has 0 saturated heterocycles. The molecule has 3 aromatic rings. The number of amides is 4. The van der Waals surface area contributed by atoms with E-state index in [1.807, 2.05) is 48.5 Å². The number of nitrogens with zero attached hydrogens (tertiary/aromatic N) is 3. The summed E-state index contributed by atoms with van der Waals surface area (Å²) in [7, 11) is 0. The Hall–Kier alpha value is -6.23. The normalized spacial score (nSPS) is 12.1. The Bertz CT molecular complexity index is 1930. The molecule has 1 heterocycles. The van der Waals surface area contributed by atoms with Crippen molar-refractivity contribution in [2.75, 3.05) is 52.5 Å². The minimum absolute atomic E-state index is 0.0811. The topological polar surface area (TPSA) is 235 Å². The molecule has 4 rings (SSSR count). The predicted octanol–water partition coefficient (Wildman–Crippen LogP) is 1.54. The van der Waals surface area contributed by atoms with Crippen LogP contribution in [-0.2, 0) is 30.4 Å². The molecule has 0 fully saturated rings. The van der Waals surface area contributed by atoms with E-state index in [9.17, 15) is 38.7 Å². The fourth-order valence-electron chi connectivity index (χ4n) is 6.29. The first-order valence-electron chi connectivity index (χ1n) is 17.9. The average Bonchev–Trinajstić information content (AvgIpc) is 3.48. The van der Waals surface area contributed by atoms with Gasteiger partial charge in [-0.3, -0.25) is 33.6 Å². The third-order valence-corrected chi connectivity index (χ3v) is 8.99. The fraction of sp³-hybridized carbons (Fsp3) is 0.395. The summed E-state index contributed by atoms with van der Waals surface area (Å²) < 4.78 is 11.8. The molecule has 0 bridgehead atoms. The maximum absolute atomic E-state index is 13.7. The van der Waals surface area contributed by atoms with Crippen molar-refractivity contribution in [2.24, 2.45) is 5.73 Å². The number of carbonyl (C=O) groups is 5. The second kappa shape index (κ2) is 20.3. The van der Waals surface area contributed by atoms with E-state index in [0.717, 1.165) is 31.7 Å². The van der Waals surface area contributed by atoms with Gasteiger partial charge in [0.1, 0.15) is 32.3 Å². The predicted molar refractivity (Wildman–Crippen MR) is 201 cm³/mol. The number of benzene rings is 2. The van der Waals surface area contributed by atoms with E-state index >= 15 is 0 Å². The number of hydrogen-bond donors (Lipinski definition) is 5. The molecule has 0 spiro atoms. The van der Waals surface area contributed by atoms with Crippen molar-refractivity contribution in [3.8, 4) is 11.1 Å². The number of H-pyrrole nitrogens is 1. The van der Waals surface area contributed by atoms with Gasteiger partial charge in [-0.1, -0.05) is 61.2 Å². The van der Waals surface area contributed by atoms with Crippen LogP contribution < -0.4 is 27.6 Å². The summed E-state index contributed by atoms with van der Waals surface area (Å²) in [5.74, 6) is -2.86. The highest BCUT2D eigenvalue weighted by Gasteiger charge is 2.32. The van der Waals surface area contributed by atoms with E-state index in [4.69, 9.17) is 15.2 Å². The van der Waals surface area contributed by atoms with Crippen molar-refractivity contribution >= 4 is 30.0 Å². The molecule has 1 aromatic heterocycles. The fourth-order valence-corrected chi connectivity index (χ4v) is 6.29. The molecule has 1 aliphatic carbocycles. The number of carbonyl (C=O) groups excluding carboxylic acids is 4. The maximum Gasteiger partial charge on any atom is 0.410 e. The molecule has 294 valence electrons. The number of unbranched alkanes of at least 4 members (excludes halogenated alkanes) is 1. The standard InChI is InChI=1S/C38H47N7O10/c1-3-20-54-38(53)45(19-17-41-37(52)55-24-30-28-12-6-4-10-26(28)27-11-5-7-13-29(27)30)31(14-8-9-15-39)35(50)40-16-18-43(23-33(47)48)32(46)22-44-21-25(2)34(49)42-36(44)51/h3-7,10-13,21,30-31H,1,8-9,14-20,22-24,39H2,2H3,(H,40,50)(H,41,52)(H,47,48)(H,42,49,51)/t31-/m1/s1. The number of rotatable bonds is 20. The summed E-state index contributed by atoms with van der Waals surface area (Å²) in [6.07, 6.45) is 2.17. The van der Waals surface area contributed by atoms with Crippen molar-refractivity contribution in [1.82, 2.24) is 30.0 Å². The van der Waals surface area contributed by atoms with Crippen molar-refractivity contribution in [3.63, 3.8) is 0 Å². The van der Waals surface area contributed by atoms with Crippen LogP contribution in [0.4, 0.5) is 9.59 Å². The molecule has 0 saturated carbocycles. The Morgan fingerprint density at radius 2 is 1.64 bits per heavy atom. The minimum Gasteiger partial charge on any atom is -0.480 e. The van der Waals surface area contributed by atoms with Crippen LogP contribution >= 0.6 is 0 Å². The largest absolute Gasteiger partial charge is 0.480 e. The highest BCUT2D eigenvalue weighted by molar-refractivity contribution is 5.86. The molecule has 17 nitrogen and oxygen atoms in total. The van der Waals surface area contributed by atoms with Gasteiger partial charge in [-0.2, -0.15) is 0 Å². The zero-order chi connectivity index (χ0) is 39.9. The van der Waals surface area contributed by atoms with Gasteiger partial charge in [0.15, 0.2) is 0 Å². The van der Waals surface area contributed by atoms with Crippen LogP contribution in [0.2, 0.25) is 0 Å². The van der Waals surface area contributed by atoms with E-state index < -0.39 is 60.4 Å². The summed E-state index contributed by atoms with van der Waals surface area (Å²) in [4.78, 5) is 92.5. The second-order valence-electron chi connectivity index (χ2n) is 12.8. The molecule has 0 aliphatic heterocycles. The lowest BCUT2D eigenvalue weighted by Crippen LogP contribution is -2.53. The summed E-state index contributed by atoms with van der Waals surface area (Å²) in [5, 5.41) is 14.7. The zero-order valence-corrected chi connectivity index (χ0v) is 30.7. The van der Waals surface area contributed by atoms with Gasteiger partial charge in [0, 0.05) is 43.9 Å². The van der Waals surface area contributed by atoms with E-state index in [1.165, 1.54) is 24.1 Å². The van der Waals surface area contributed by atoms with Crippen molar-refractivity contribution in [2.45, 2.75) is 44.7 Å². The van der Waals surface area contributed by atoms with Gasteiger partial charge in [-0.05, 0) is 55.0 Å². The molecule has 55 heavy (non-hydrogen) atoms. The number of carboxylic acid groups (broad SMARTS) is 1. The van der Waals surface area contributed by atoms with Gasteiger partial charge in [0.25, 0.3) is 5.56 Å². The van der Waals surface area contributed by atoms with Crippen LogP contribution in [0, 0.1) is 6.92 Å². The number of aromatic amines is 1. The smallest absolute Gasteiger partial charge is 0.410 e. The monoisotopic (exact) mass is 761 g/mol. The molecular weight excluding hydrogens is 714 g/mol. The first-order valence-corrected chi connectivity index (χ1v) is 17.9. The van der Waals surface area contributed by atoms with Crippen molar-refractivity contribution in [1.29, 1.82) is 0 Å². The Kier molecular flexibility index (Phi) is 15.3. The number of alkyl carbamates (subject to hydrolysis) is 1. The number of nitrogens with one attached hydrogen (secondary N) is 3. The molecule has 2 aromatic carbocycles. The Morgan fingerprint density at radius 3 is 2.27 bits per heavy atom. The van der Waals surface area contributed by atoms with Gasteiger partial charge in [-0.25, -0.2) is 14.4 Å². The van der Waals surface area contributed by atoms with Crippen molar-refractivity contribution in [3.05, 3.63) is 105 Å². The second-order valence-corrected chi connectivity index (χ2v) is 12.8. The van der Waals surface area contributed by atoms with Crippen LogP contribution in [0.15, 0.2) is 77.0 Å². The number of aliphatic carboxylic acids is 1. The first kappa shape index (κ1) is 41.5. The Morgan fingerprint density at radius 1 is 0.982 bits per heavy atom. The van der Waals surface area contributed by atoms with Gasteiger partial charge in [-0.15, -0.1) is 0 Å². The number of hydrogen-bond acceptors (Lipinski definition) is 10. The summed E-state index contributed by atoms with van der Waals surface area (Å²) in [6.45, 7) is 3.30. The quantitative estimate of drug-likeness (QED) is 0.0818. The van der Waals surface area contributed by atoms with E-state index in [2.05, 4.69) is 22.2 Å². The zero-order valence-electron chi connectivity index (χ0n) is 30.7. The number of nitrogens with two attached hydrogens (primary N) is 1. The van der Waals surface area contributed by atoms with Gasteiger partial charge >= 0.3 is 23.8 Å². The third kappa shape index (κ3) is 11.4. The lowest BCUT2D eigenvalue weighted by Gasteiger charge is -2.30. The molecular formula is C38H47N7O10. The Labute approximate surface area is 317 Å². The molecule has 17 heteroatoms. The maximum atomic E-state index is 13.7. The van der Waals surface area contributed by atoms with Gasteiger partial charge < -0.3 is 35.8 Å².